The van der Waals surface area contributed by atoms with Gasteiger partial charge < -0.3 is 23.7 Å². The van der Waals surface area contributed by atoms with Crippen molar-refractivity contribution < 1.29 is 27.9 Å². The molecule has 0 aliphatic carbocycles. The highest BCUT2D eigenvalue weighted by Gasteiger charge is 2.25. The van der Waals surface area contributed by atoms with Crippen molar-refractivity contribution in [3.8, 4) is 11.5 Å². The molecule has 0 fully saturated rings. The molecule has 0 spiro atoms. The molecule has 0 saturated carbocycles. The van der Waals surface area contributed by atoms with E-state index in [9.17, 15) is 14.0 Å². The van der Waals surface area contributed by atoms with Crippen molar-refractivity contribution >= 4 is 11.8 Å². The number of rotatable bonds is 9. The van der Waals surface area contributed by atoms with Crippen molar-refractivity contribution in [1.29, 1.82) is 0 Å². The molecule has 0 atom stereocenters. The lowest BCUT2D eigenvalue weighted by atomic mass is 10.1. The second kappa shape index (κ2) is 10.4. The fourth-order valence-electron chi connectivity index (χ4n) is 3.80. The molecule has 8 heteroatoms. The minimum absolute atomic E-state index is 0.0952. The first kappa shape index (κ1) is 23.4. The minimum atomic E-state index is -0.341. The summed E-state index contributed by atoms with van der Waals surface area (Å²) in [7, 11) is 0. The van der Waals surface area contributed by atoms with Crippen LogP contribution in [0.2, 0.25) is 0 Å². The number of carbonyl (C=O) groups excluding carboxylic acids is 2. The maximum Gasteiger partial charge on any atom is 0.254 e. The zero-order chi connectivity index (χ0) is 24.1. The van der Waals surface area contributed by atoms with E-state index in [0.29, 0.717) is 35.8 Å². The van der Waals surface area contributed by atoms with Gasteiger partial charge in [0.2, 0.25) is 12.7 Å². The lowest BCUT2D eigenvalue weighted by Gasteiger charge is -2.27. The summed E-state index contributed by atoms with van der Waals surface area (Å²) >= 11 is 0. The van der Waals surface area contributed by atoms with Crippen molar-refractivity contribution in [2.24, 2.45) is 0 Å². The molecule has 4 rings (SSSR count). The molecular weight excluding hydrogens is 439 g/mol. The van der Waals surface area contributed by atoms with E-state index in [2.05, 4.69) is 0 Å². The SMILES string of the molecule is CCCN(CC(=O)N(Cc1ccc(F)cc1)Cc1ccc(C)o1)C(=O)c1ccc2c(c1)OCO2. The fraction of sp³-hybridized carbons (Fsp3) is 0.308. The highest BCUT2D eigenvalue weighted by atomic mass is 19.1. The first-order valence-corrected chi connectivity index (χ1v) is 11.2. The van der Waals surface area contributed by atoms with E-state index in [1.807, 2.05) is 26.0 Å². The Bertz CT molecular complexity index is 1160. The first-order chi connectivity index (χ1) is 16.4. The Morgan fingerprint density at radius 1 is 0.941 bits per heavy atom. The molecular formula is C26H27FN2O5. The third-order valence-electron chi connectivity index (χ3n) is 5.51. The molecule has 2 aromatic carbocycles. The van der Waals surface area contributed by atoms with Gasteiger partial charge in [0.15, 0.2) is 11.5 Å². The molecule has 178 valence electrons. The monoisotopic (exact) mass is 466 g/mol. The summed E-state index contributed by atoms with van der Waals surface area (Å²) in [5, 5.41) is 0. The van der Waals surface area contributed by atoms with Crippen molar-refractivity contribution in [1.82, 2.24) is 9.80 Å². The van der Waals surface area contributed by atoms with E-state index >= 15 is 0 Å². The Morgan fingerprint density at radius 3 is 2.41 bits per heavy atom. The molecule has 1 aromatic heterocycles. The molecule has 34 heavy (non-hydrogen) atoms. The summed E-state index contributed by atoms with van der Waals surface area (Å²) < 4.78 is 29.7. The number of nitrogens with zero attached hydrogens (tertiary/aromatic N) is 2. The lowest BCUT2D eigenvalue weighted by Crippen LogP contribution is -2.42. The average molecular weight is 467 g/mol. The van der Waals surface area contributed by atoms with Crippen molar-refractivity contribution in [2.75, 3.05) is 19.9 Å². The normalized spacial score (nSPS) is 12.0. The van der Waals surface area contributed by atoms with Crippen LogP contribution in [0.15, 0.2) is 59.0 Å². The highest BCUT2D eigenvalue weighted by molar-refractivity contribution is 5.97. The van der Waals surface area contributed by atoms with Gasteiger partial charge in [0.25, 0.3) is 5.91 Å². The zero-order valence-electron chi connectivity index (χ0n) is 19.3. The molecule has 0 N–H and O–H groups in total. The van der Waals surface area contributed by atoms with Crippen LogP contribution in [0.25, 0.3) is 0 Å². The maximum atomic E-state index is 13.4. The van der Waals surface area contributed by atoms with E-state index in [1.165, 1.54) is 17.0 Å². The van der Waals surface area contributed by atoms with Crippen LogP contribution in [-0.2, 0) is 17.9 Å². The van der Waals surface area contributed by atoms with Gasteiger partial charge >= 0.3 is 0 Å². The third-order valence-corrected chi connectivity index (χ3v) is 5.51. The number of furan rings is 1. The van der Waals surface area contributed by atoms with Gasteiger partial charge in [-0.1, -0.05) is 19.1 Å². The predicted molar refractivity (Wildman–Crippen MR) is 123 cm³/mol. The van der Waals surface area contributed by atoms with Crippen LogP contribution in [-0.4, -0.2) is 41.5 Å². The molecule has 0 unspecified atom stereocenters. The van der Waals surface area contributed by atoms with Gasteiger partial charge in [-0.2, -0.15) is 0 Å². The average Bonchev–Trinajstić information content (AvgIpc) is 3.47. The van der Waals surface area contributed by atoms with E-state index in [1.54, 1.807) is 35.2 Å². The van der Waals surface area contributed by atoms with E-state index < -0.39 is 0 Å². The zero-order valence-corrected chi connectivity index (χ0v) is 19.3. The van der Waals surface area contributed by atoms with Crippen LogP contribution in [0, 0.1) is 12.7 Å². The van der Waals surface area contributed by atoms with Crippen LogP contribution in [0.1, 0.15) is 40.8 Å². The second-order valence-electron chi connectivity index (χ2n) is 8.18. The largest absolute Gasteiger partial charge is 0.464 e. The van der Waals surface area contributed by atoms with Gasteiger partial charge in [0, 0.05) is 18.7 Å². The summed E-state index contributed by atoms with van der Waals surface area (Å²) in [5.74, 6) is 1.65. The van der Waals surface area contributed by atoms with Gasteiger partial charge in [-0.15, -0.1) is 0 Å². The first-order valence-electron chi connectivity index (χ1n) is 11.2. The Balaban J connectivity index is 1.52. The number of amides is 2. The van der Waals surface area contributed by atoms with E-state index in [0.717, 1.165) is 11.3 Å². The Morgan fingerprint density at radius 2 is 1.71 bits per heavy atom. The lowest BCUT2D eigenvalue weighted by molar-refractivity contribution is -0.133. The molecule has 0 bridgehead atoms. The third kappa shape index (κ3) is 5.57. The molecule has 0 saturated heterocycles. The number of carbonyl (C=O) groups is 2. The standard InChI is InChI=1S/C26H27FN2O5/c1-3-12-28(26(31)20-7-11-23-24(13-20)33-17-32-23)16-25(30)29(15-22-10-4-18(2)34-22)14-19-5-8-21(27)9-6-19/h4-11,13H,3,12,14-17H2,1-2H3. The molecule has 2 heterocycles. The second-order valence-corrected chi connectivity index (χ2v) is 8.18. The molecule has 7 nitrogen and oxygen atoms in total. The molecule has 0 radical (unpaired) electrons. The molecule has 1 aliphatic heterocycles. The van der Waals surface area contributed by atoms with Gasteiger partial charge in [-0.25, -0.2) is 4.39 Å². The summed E-state index contributed by atoms with van der Waals surface area (Å²) in [6, 6.07) is 14.7. The predicted octanol–water partition coefficient (Wildman–Crippen LogP) is 4.54. The topological polar surface area (TPSA) is 72.2 Å². The molecule has 2 amide bonds. The quantitative estimate of drug-likeness (QED) is 0.463. The van der Waals surface area contributed by atoms with Crippen LogP contribution >= 0.6 is 0 Å². The number of benzene rings is 2. The number of hydrogen-bond donors (Lipinski definition) is 0. The number of ether oxygens (including phenoxy) is 2. The van der Waals surface area contributed by atoms with Crippen LogP contribution in [0.5, 0.6) is 11.5 Å². The van der Waals surface area contributed by atoms with Gasteiger partial charge in [0.05, 0.1) is 6.54 Å². The van der Waals surface area contributed by atoms with E-state index in [4.69, 9.17) is 13.9 Å². The van der Waals surface area contributed by atoms with Gasteiger partial charge in [-0.3, -0.25) is 9.59 Å². The van der Waals surface area contributed by atoms with E-state index in [-0.39, 0.29) is 44.1 Å². The van der Waals surface area contributed by atoms with Crippen molar-refractivity contribution in [2.45, 2.75) is 33.4 Å². The smallest absolute Gasteiger partial charge is 0.254 e. The maximum absolute atomic E-state index is 13.4. The highest BCUT2D eigenvalue weighted by Crippen LogP contribution is 2.32. The van der Waals surface area contributed by atoms with Crippen molar-refractivity contribution in [3.63, 3.8) is 0 Å². The number of halogens is 1. The van der Waals surface area contributed by atoms with Gasteiger partial charge in [-0.05, 0) is 61.4 Å². The number of aryl methyl sites for hydroxylation is 1. The minimum Gasteiger partial charge on any atom is -0.464 e. The summed E-state index contributed by atoms with van der Waals surface area (Å²) in [4.78, 5) is 29.8. The summed E-state index contributed by atoms with van der Waals surface area (Å²) in [5.41, 5.74) is 1.21. The summed E-state index contributed by atoms with van der Waals surface area (Å²) in [6.07, 6.45) is 0.693. The Kier molecular flexibility index (Phi) is 7.15. The Hall–Kier alpha value is -3.81. The van der Waals surface area contributed by atoms with Gasteiger partial charge in [0.1, 0.15) is 23.9 Å². The van der Waals surface area contributed by atoms with Crippen LogP contribution in [0.3, 0.4) is 0 Å². The summed E-state index contributed by atoms with van der Waals surface area (Å²) in [6.45, 7) is 4.73. The van der Waals surface area contributed by atoms with Crippen molar-refractivity contribution in [3.05, 3.63) is 83.1 Å². The molecule has 3 aromatic rings. The Labute approximate surface area is 197 Å². The fourth-order valence-corrected chi connectivity index (χ4v) is 3.80. The van der Waals surface area contributed by atoms with Crippen LogP contribution < -0.4 is 9.47 Å². The van der Waals surface area contributed by atoms with Crippen LogP contribution in [0.4, 0.5) is 4.39 Å². The molecule has 1 aliphatic rings. The number of fused-ring (bicyclic) bond motifs is 1. The number of hydrogen-bond acceptors (Lipinski definition) is 5.